The lowest BCUT2D eigenvalue weighted by molar-refractivity contribution is -0.132. The fraction of sp³-hybridized carbons (Fsp3) is 0.200. The number of Topliss-reactive ketones (excluding diaryl/α,β-unsaturated/α-hetero) is 1. The van der Waals surface area contributed by atoms with Crippen LogP contribution in [-0.2, 0) is 9.59 Å². The molecule has 4 rings (SSSR count). The number of benzene rings is 2. The third kappa shape index (κ3) is 3.53. The van der Waals surface area contributed by atoms with Gasteiger partial charge in [-0.05, 0) is 61.5 Å². The average molecular weight is 434 g/mol. The summed E-state index contributed by atoms with van der Waals surface area (Å²) in [6.07, 6.45) is 0. The monoisotopic (exact) mass is 433 g/mol. The second kappa shape index (κ2) is 8.04. The fourth-order valence-corrected chi connectivity index (χ4v) is 4.93. The van der Waals surface area contributed by atoms with Gasteiger partial charge in [0, 0.05) is 22.2 Å². The summed E-state index contributed by atoms with van der Waals surface area (Å²) in [4.78, 5) is 28.8. The summed E-state index contributed by atoms with van der Waals surface area (Å²) < 4.78 is 5.32. The molecule has 158 valence electrons. The van der Waals surface area contributed by atoms with Gasteiger partial charge < -0.3 is 9.84 Å². The predicted molar refractivity (Wildman–Crippen MR) is 123 cm³/mol. The molecule has 31 heavy (non-hydrogen) atoms. The Morgan fingerprint density at radius 3 is 2.48 bits per heavy atom. The van der Waals surface area contributed by atoms with Crippen LogP contribution in [0, 0.1) is 20.8 Å². The van der Waals surface area contributed by atoms with E-state index in [1.807, 2.05) is 50.4 Å². The maximum absolute atomic E-state index is 13.2. The molecule has 1 aliphatic heterocycles. The summed E-state index contributed by atoms with van der Waals surface area (Å²) >= 11 is 1.46. The van der Waals surface area contributed by atoms with Crippen LogP contribution in [0.4, 0.5) is 5.69 Å². The first-order chi connectivity index (χ1) is 14.8. The molecule has 1 amide bonds. The minimum absolute atomic E-state index is 0.104. The lowest BCUT2D eigenvalue weighted by Crippen LogP contribution is -2.29. The summed E-state index contributed by atoms with van der Waals surface area (Å²) in [5.74, 6) is -0.935. The minimum atomic E-state index is -0.716. The van der Waals surface area contributed by atoms with Crippen molar-refractivity contribution in [3.05, 3.63) is 86.6 Å². The number of hydrogen-bond acceptors (Lipinski definition) is 5. The highest BCUT2D eigenvalue weighted by molar-refractivity contribution is 7.10. The Balaban J connectivity index is 1.98. The third-order valence-electron chi connectivity index (χ3n) is 5.57. The van der Waals surface area contributed by atoms with Crippen molar-refractivity contribution in [1.82, 2.24) is 0 Å². The summed E-state index contributed by atoms with van der Waals surface area (Å²) in [7, 11) is 1.55. The molecule has 1 fully saturated rings. The molecule has 1 aliphatic rings. The maximum atomic E-state index is 13.2. The number of carbonyl (C=O) groups is 2. The Morgan fingerprint density at radius 2 is 1.81 bits per heavy atom. The Hall–Kier alpha value is -3.38. The number of anilines is 1. The number of aliphatic hydroxyl groups excluding tert-OH is 1. The number of aryl methyl sites for hydroxylation is 3. The Labute approximate surface area is 185 Å². The molecular formula is C25H23NO4S. The molecule has 2 aromatic carbocycles. The van der Waals surface area contributed by atoms with Crippen molar-refractivity contribution in [3.8, 4) is 5.75 Å². The number of amides is 1. The molecule has 1 atom stereocenters. The standard InChI is InChI=1S/C25H23NO4S/c1-14-8-9-15(2)19(12-14)22(27)20-21(24-16(3)10-11-31-24)26(25(29)23(20)28)17-6-5-7-18(13-17)30-4/h5-13,21,27H,1-4H3/b22-20-. The maximum Gasteiger partial charge on any atom is 0.300 e. The van der Waals surface area contributed by atoms with Gasteiger partial charge in [0.25, 0.3) is 11.7 Å². The molecular weight excluding hydrogens is 410 g/mol. The zero-order valence-electron chi connectivity index (χ0n) is 17.8. The molecule has 0 bridgehead atoms. The van der Waals surface area contributed by atoms with Crippen molar-refractivity contribution in [2.75, 3.05) is 12.0 Å². The molecule has 0 radical (unpaired) electrons. The smallest absolute Gasteiger partial charge is 0.300 e. The van der Waals surface area contributed by atoms with E-state index in [9.17, 15) is 14.7 Å². The van der Waals surface area contributed by atoms with Crippen molar-refractivity contribution in [2.24, 2.45) is 0 Å². The lowest BCUT2D eigenvalue weighted by atomic mass is 9.95. The second-order valence-electron chi connectivity index (χ2n) is 7.66. The van der Waals surface area contributed by atoms with E-state index in [1.54, 1.807) is 31.4 Å². The molecule has 0 spiro atoms. The van der Waals surface area contributed by atoms with E-state index in [1.165, 1.54) is 16.2 Å². The van der Waals surface area contributed by atoms with Crippen molar-refractivity contribution >= 4 is 34.5 Å². The zero-order valence-corrected chi connectivity index (χ0v) is 18.6. The zero-order chi connectivity index (χ0) is 22.3. The summed E-state index contributed by atoms with van der Waals surface area (Å²) in [5.41, 5.74) is 3.95. The largest absolute Gasteiger partial charge is 0.507 e. The van der Waals surface area contributed by atoms with Gasteiger partial charge in [-0.25, -0.2) is 0 Å². The Kier molecular flexibility index (Phi) is 5.41. The van der Waals surface area contributed by atoms with Crippen LogP contribution in [-0.4, -0.2) is 23.9 Å². The first-order valence-corrected chi connectivity index (χ1v) is 10.8. The van der Waals surface area contributed by atoms with E-state index in [4.69, 9.17) is 4.74 Å². The number of methoxy groups -OCH3 is 1. The topological polar surface area (TPSA) is 66.8 Å². The van der Waals surface area contributed by atoms with Crippen molar-refractivity contribution in [2.45, 2.75) is 26.8 Å². The van der Waals surface area contributed by atoms with Crippen LogP contribution in [0.3, 0.4) is 0 Å². The molecule has 6 heteroatoms. The molecule has 5 nitrogen and oxygen atoms in total. The molecule has 1 aromatic heterocycles. The number of carbonyl (C=O) groups excluding carboxylic acids is 2. The predicted octanol–water partition coefficient (Wildman–Crippen LogP) is 5.31. The van der Waals surface area contributed by atoms with E-state index in [0.717, 1.165) is 21.6 Å². The van der Waals surface area contributed by atoms with Gasteiger partial charge in [0.05, 0.1) is 12.7 Å². The number of ketones is 1. The Morgan fingerprint density at radius 1 is 1.03 bits per heavy atom. The lowest BCUT2D eigenvalue weighted by Gasteiger charge is -2.25. The van der Waals surface area contributed by atoms with Crippen LogP contribution in [0.2, 0.25) is 0 Å². The highest BCUT2D eigenvalue weighted by atomic mass is 32.1. The van der Waals surface area contributed by atoms with Gasteiger partial charge >= 0.3 is 0 Å². The van der Waals surface area contributed by atoms with E-state index in [-0.39, 0.29) is 11.3 Å². The number of aliphatic hydroxyl groups is 1. The highest BCUT2D eigenvalue weighted by Gasteiger charge is 2.48. The van der Waals surface area contributed by atoms with Crippen LogP contribution >= 0.6 is 11.3 Å². The van der Waals surface area contributed by atoms with E-state index < -0.39 is 17.7 Å². The van der Waals surface area contributed by atoms with E-state index in [0.29, 0.717) is 17.0 Å². The van der Waals surface area contributed by atoms with Gasteiger partial charge in [-0.1, -0.05) is 23.8 Å². The summed E-state index contributed by atoms with van der Waals surface area (Å²) in [6.45, 7) is 5.74. The molecule has 2 heterocycles. The number of rotatable bonds is 4. The molecule has 1 N–H and O–H groups in total. The number of hydrogen-bond donors (Lipinski definition) is 1. The van der Waals surface area contributed by atoms with Crippen molar-refractivity contribution in [3.63, 3.8) is 0 Å². The molecule has 0 saturated carbocycles. The average Bonchev–Trinajstić information content (AvgIpc) is 3.30. The molecule has 3 aromatic rings. The van der Waals surface area contributed by atoms with Gasteiger partial charge in [0.15, 0.2) is 0 Å². The fourth-order valence-electron chi connectivity index (χ4n) is 3.91. The van der Waals surface area contributed by atoms with Gasteiger partial charge in [0.1, 0.15) is 17.6 Å². The van der Waals surface area contributed by atoms with Gasteiger partial charge in [-0.2, -0.15) is 0 Å². The SMILES string of the molecule is COc1cccc(N2C(=O)C(=O)/C(=C(\O)c3cc(C)ccc3C)C2c2sccc2C)c1. The normalized spacial score (nSPS) is 17.9. The van der Waals surface area contributed by atoms with Gasteiger partial charge in [-0.15, -0.1) is 11.3 Å². The second-order valence-corrected chi connectivity index (χ2v) is 8.60. The first-order valence-electron chi connectivity index (χ1n) is 9.90. The Bertz CT molecular complexity index is 1220. The minimum Gasteiger partial charge on any atom is -0.507 e. The third-order valence-corrected chi connectivity index (χ3v) is 6.65. The van der Waals surface area contributed by atoms with Crippen LogP contribution < -0.4 is 9.64 Å². The van der Waals surface area contributed by atoms with Crippen LogP contribution in [0.15, 0.2) is 59.5 Å². The summed E-state index contributed by atoms with van der Waals surface area (Å²) in [5, 5.41) is 13.2. The van der Waals surface area contributed by atoms with Gasteiger partial charge in [0.2, 0.25) is 0 Å². The number of nitrogens with zero attached hydrogens (tertiary/aromatic N) is 1. The van der Waals surface area contributed by atoms with Crippen LogP contribution in [0.1, 0.15) is 33.2 Å². The molecule has 1 saturated heterocycles. The van der Waals surface area contributed by atoms with Crippen molar-refractivity contribution < 1.29 is 19.4 Å². The quantitative estimate of drug-likeness (QED) is 0.344. The number of thiophene rings is 1. The van der Waals surface area contributed by atoms with E-state index >= 15 is 0 Å². The summed E-state index contributed by atoms with van der Waals surface area (Å²) in [6, 6.07) is 14.0. The first kappa shape index (κ1) is 20.9. The number of ether oxygens (including phenoxy) is 1. The van der Waals surface area contributed by atoms with Crippen LogP contribution in [0.25, 0.3) is 5.76 Å². The molecule has 0 aliphatic carbocycles. The molecule has 1 unspecified atom stereocenters. The van der Waals surface area contributed by atoms with Crippen molar-refractivity contribution in [1.29, 1.82) is 0 Å². The van der Waals surface area contributed by atoms with Gasteiger partial charge in [-0.3, -0.25) is 14.5 Å². The van der Waals surface area contributed by atoms with E-state index in [2.05, 4.69) is 0 Å². The highest BCUT2D eigenvalue weighted by Crippen LogP contribution is 2.45. The van der Waals surface area contributed by atoms with Crippen LogP contribution in [0.5, 0.6) is 5.75 Å².